The van der Waals surface area contributed by atoms with Gasteiger partial charge in [-0.15, -0.1) is 0 Å². The van der Waals surface area contributed by atoms with Crippen LogP contribution in [-0.4, -0.2) is 40.1 Å². The van der Waals surface area contributed by atoms with Crippen molar-refractivity contribution < 1.29 is 17.9 Å². The Labute approximate surface area is 95.3 Å². The van der Waals surface area contributed by atoms with Crippen LogP contribution in [0.25, 0.3) is 0 Å². The third-order valence-corrected chi connectivity index (χ3v) is 3.56. The van der Waals surface area contributed by atoms with E-state index in [0.717, 1.165) is 19.4 Å². The predicted molar refractivity (Wildman–Crippen MR) is 58.6 cm³/mol. The second kappa shape index (κ2) is 6.03. The van der Waals surface area contributed by atoms with Crippen molar-refractivity contribution in [3.8, 4) is 0 Å². The highest BCUT2D eigenvalue weighted by atomic mass is 35.7. The quantitative estimate of drug-likeness (QED) is 0.674. The standard InChI is InChI=1S/C9H17ClO4S/c1-8(7-15(10,11)12)5-13-6-9-3-2-4-14-9/h8-9H,2-7H2,1H3. The first-order valence-corrected chi connectivity index (χ1v) is 7.57. The van der Waals surface area contributed by atoms with Gasteiger partial charge in [0, 0.05) is 17.3 Å². The SMILES string of the molecule is CC(COCC1CCCO1)CS(=O)(=O)Cl. The molecule has 0 aromatic rings. The van der Waals surface area contributed by atoms with Crippen LogP contribution in [0.3, 0.4) is 0 Å². The van der Waals surface area contributed by atoms with Gasteiger partial charge < -0.3 is 9.47 Å². The minimum Gasteiger partial charge on any atom is -0.378 e. The van der Waals surface area contributed by atoms with Gasteiger partial charge in [0.2, 0.25) is 9.05 Å². The third kappa shape index (κ3) is 6.35. The van der Waals surface area contributed by atoms with Gasteiger partial charge in [-0.05, 0) is 18.8 Å². The first-order valence-electron chi connectivity index (χ1n) is 5.09. The predicted octanol–water partition coefficient (Wildman–Crippen LogP) is 1.39. The fraction of sp³-hybridized carbons (Fsp3) is 1.00. The molecular formula is C9H17ClO4S. The van der Waals surface area contributed by atoms with E-state index in [-0.39, 0.29) is 17.8 Å². The molecule has 1 fully saturated rings. The lowest BCUT2D eigenvalue weighted by Gasteiger charge is -2.13. The molecule has 0 bridgehead atoms. The van der Waals surface area contributed by atoms with Crippen LogP contribution >= 0.6 is 10.7 Å². The molecule has 1 saturated heterocycles. The van der Waals surface area contributed by atoms with Gasteiger partial charge in [0.25, 0.3) is 0 Å². The van der Waals surface area contributed by atoms with Gasteiger partial charge in [-0.25, -0.2) is 8.42 Å². The fourth-order valence-electron chi connectivity index (χ4n) is 1.56. The molecule has 2 unspecified atom stereocenters. The summed E-state index contributed by atoms with van der Waals surface area (Å²) in [6.07, 6.45) is 2.30. The molecule has 0 radical (unpaired) electrons. The van der Waals surface area contributed by atoms with Crippen molar-refractivity contribution in [2.24, 2.45) is 5.92 Å². The average Bonchev–Trinajstić information content (AvgIpc) is 2.53. The van der Waals surface area contributed by atoms with Gasteiger partial charge in [0.15, 0.2) is 0 Å². The van der Waals surface area contributed by atoms with E-state index < -0.39 is 9.05 Å². The summed E-state index contributed by atoms with van der Waals surface area (Å²) in [7, 11) is 1.71. The molecule has 1 rings (SSSR count). The van der Waals surface area contributed by atoms with Crippen LogP contribution in [0.5, 0.6) is 0 Å². The van der Waals surface area contributed by atoms with Crippen molar-refractivity contribution in [2.45, 2.75) is 25.9 Å². The summed E-state index contributed by atoms with van der Waals surface area (Å²) in [5.41, 5.74) is 0. The Kier molecular flexibility index (Phi) is 5.32. The highest BCUT2D eigenvalue weighted by molar-refractivity contribution is 8.13. The Balaban J connectivity index is 2.08. The third-order valence-electron chi connectivity index (χ3n) is 2.21. The van der Waals surface area contributed by atoms with Gasteiger partial charge in [0.05, 0.1) is 25.1 Å². The molecule has 0 spiro atoms. The van der Waals surface area contributed by atoms with Crippen LogP contribution in [0.2, 0.25) is 0 Å². The molecule has 6 heteroatoms. The Morgan fingerprint density at radius 1 is 1.60 bits per heavy atom. The molecule has 0 saturated carbocycles. The van der Waals surface area contributed by atoms with Crippen molar-refractivity contribution in [1.29, 1.82) is 0 Å². The van der Waals surface area contributed by atoms with Crippen LogP contribution < -0.4 is 0 Å². The van der Waals surface area contributed by atoms with E-state index in [4.69, 9.17) is 20.2 Å². The second-order valence-corrected chi connectivity index (χ2v) is 6.80. The first-order chi connectivity index (χ1) is 6.97. The molecule has 1 aliphatic heterocycles. The van der Waals surface area contributed by atoms with Crippen molar-refractivity contribution in [3.05, 3.63) is 0 Å². The summed E-state index contributed by atoms with van der Waals surface area (Å²) < 4.78 is 32.2. The molecule has 0 N–H and O–H groups in total. The lowest BCUT2D eigenvalue weighted by Crippen LogP contribution is -2.20. The Morgan fingerprint density at radius 3 is 2.87 bits per heavy atom. The normalized spacial score (nSPS) is 24.3. The molecule has 0 aliphatic carbocycles. The van der Waals surface area contributed by atoms with Crippen LogP contribution in [-0.2, 0) is 18.5 Å². The molecule has 0 aromatic carbocycles. The van der Waals surface area contributed by atoms with E-state index in [9.17, 15) is 8.42 Å². The van der Waals surface area contributed by atoms with E-state index in [0.29, 0.717) is 13.2 Å². The molecule has 4 nitrogen and oxygen atoms in total. The number of hydrogen-bond donors (Lipinski definition) is 0. The van der Waals surface area contributed by atoms with Gasteiger partial charge in [0.1, 0.15) is 0 Å². The summed E-state index contributed by atoms with van der Waals surface area (Å²) in [5.74, 6) is -0.117. The van der Waals surface area contributed by atoms with Crippen LogP contribution in [0.1, 0.15) is 19.8 Å². The molecule has 15 heavy (non-hydrogen) atoms. The summed E-state index contributed by atoms with van der Waals surface area (Å²) in [6, 6.07) is 0. The fourth-order valence-corrected chi connectivity index (χ4v) is 2.99. The van der Waals surface area contributed by atoms with Gasteiger partial charge in [-0.3, -0.25) is 0 Å². The number of ether oxygens (including phenoxy) is 2. The van der Waals surface area contributed by atoms with Gasteiger partial charge >= 0.3 is 0 Å². The van der Waals surface area contributed by atoms with Gasteiger partial charge in [-0.1, -0.05) is 6.92 Å². The Hall–Kier alpha value is 0.160. The molecule has 2 atom stereocenters. The van der Waals surface area contributed by atoms with Crippen molar-refractivity contribution >= 4 is 19.7 Å². The van der Waals surface area contributed by atoms with Crippen LogP contribution in [0, 0.1) is 5.92 Å². The molecule has 1 aliphatic rings. The molecule has 1 heterocycles. The molecule has 0 amide bonds. The van der Waals surface area contributed by atoms with Crippen LogP contribution in [0.4, 0.5) is 0 Å². The summed E-state index contributed by atoms with van der Waals surface area (Å²) in [6.45, 7) is 3.56. The van der Waals surface area contributed by atoms with E-state index in [1.807, 2.05) is 0 Å². The Morgan fingerprint density at radius 2 is 2.33 bits per heavy atom. The molecule has 0 aromatic heterocycles. The minimum atomic E-state index is -3.41. The van der Waals surface area contributed by atoms with E-state index in [2.05, 4.69) is 0 Å². The largest absolute Gasteiger partial charge is 0.378 e. The highest BCUT2D eigenvalue weighted by Crippen LogP contribution is 2.13. The number of halogens is 1. The summed E-state index contributed by atoms with van der Waals surface area (Å²) >= 11 is 0. The lowest BCUT2D eigenvalue weighted by molar-refractivity contribution is 0.00918. The van der Waals surface area contributed by atoms with E-state index in [1.54, 1.807) is 6.92 Å². The summed E-state index contributed by atoms with van der Waals surface area (Å²) in [5, 5.41) is 0. The highest BCUT2D eigenvalue weighted by Gasteiger charge is 2.17. The zero-order chi connectivity index (χ0) is 11.3. The Bertz CT molecular complexity index is 272. The zero-order valence-corrected chi connectivity index (χ0v) is 10.4. The minimum absolute atomic E-state index is 0.0416. The van der Waals surface area contributed by atoms with Crippen molar-refractivity contribution in [1.82, 2.24) is 0 Å². The van der Waals surface area contributed by atoms with Crippen molar-refractivity contribution in [3.63, 3.8) is 0 Å². The van der Waals surface area contributed by atoms with Crippen LogP contribution in [0.15, 0.2) is 0 Å². The maximum absolute atomic E-state index is 10.7. The van der Waals surface area contributed by atoms with Gasteiger partial charge in [-0.2, -0.15) is 0 Å². The maximum Gasteiger partial charge on any atom is 0.232 e. The summed E-state index contributed by atoms with van der Waals surface area (Å²) in [4.78, 5) is 0. The van der Waals surface area contributed by atoms with E-state index >= 15 is 0 Å². The monoisotopic (exact) mass is 256 g/mol. The van der Waals surface area contributed by atoms with E-state index in [1.165, 1.54) is 0 Å². The number of hydrogen-bond acceptors (Lipinski definition) is 4. The molecular weight excluding hydrogens is 240 g/mol. The average molecular weight is 257 g/mol. The van der Waals surface area contributed by atoms with Crippen molar-refractivity contribution in [2.75, 3.05) is 25.6 Å². The smallest absolute Gasteiger partial charge is 0.232 e. The first kappa shape index (κ1) is 13.2. The maximum atomic E-state index is 10.7. The zero-order valence-electron chi connectivity index (χ0n) is 8.82. The topological polar surface area (TPSA) is 52.6 Å². The second-order valence-electron chi connectivity index (χ2n) is 3.98. The lowest BCUT2D eigenvalue weighted by atomic mass is 10.2. The number of rotatable bonds is 6. The molecule has 90 valence electrons.